The highest BCUT2D eigenvalue weighted by Crippen LogP contribution is 2.46. The number of epoxide rings is 1. The van der Waals surface area contributed by atoms with Gasteiger partial charge in [0.25, 0.3) is 5.69 Å². The Balaban J connectivity index is 2.04. The molecule has 0 saturated carbocycles. The first-order valence-electron chi connectivity index (χ1n) is 5.18. The number of hydrogen-bond donors (Lipinski definition) is 0. The first-order valence-corrected chi connectivity index (χ1v) is 5.18. The molecule has 3 rings (SSSR count). The smallest absolute Gasteiger partial charge is 0.269 e. The van der Waals surface area contributed by atoms with Crippen LogP contribution in [0.5, 0.6) is 0 Å². The predicted octanol–water partition coefficient (Wildman–Crippen LogP) is 2.37. The zero-order chi connectivity index (χ0) is 10.4. The van der Waals surface area contributed by atoms with Crippen LogP contribution in [0.4, 0.5) is 5.69 Å². The number of hydrogen-bond acceptors (Lipinski definition) is 3. The quantitative estimate of drug-likeness (QED) is 0.401. The van der Waals surface area contributed by atoms with Crippen molar-refractivity contribution in [2.24, 2.45) is 0 Å². The van der Waals surface area contributed by atoms with Gasteiger partial charge >= 0.3 is 0 Å². The third-order valence-electron chi connectivity index (χ3n) is 3.16. The van der Waals surface area contributed by atoms with Gasteiger partial charge in [0.2, 0.25) is 0 Å². The summed E-state index contributed by atoms with van der Waals surface area (Å²) in [6, 6.07) is 5.12. The van der Waals surface area contributed by atoms with Crippen LogP contribution in [0.25, 0.3) is 0 Å². The monoisotopic (exact) mass is 205 g/mol. The summed E-state index contributed by atoms with van der Waals surface area (Å²) >= 11 is 0. The summed E-state index contributed by atoms with van der Waals surface area (Å²) in [6.07, 6.45) is 3.66. The molecule has 2 atom stereocenters. The van der Waals surface area contributed by atoms with E-state index in [-0.39, 0.29) is 16.7 Å². The number of non-ortho nitro benzene ring substituents is 1. The molecule has 0 N–H and O–H groups in total. The molecule has 1 saturated heterocycles. The van der Waals surface area contributed by atoms with Gasteiger partial charge in [-0.25, -0.2) is 0 Å². The second-order valence-corrected chi connectivity index (χ2v) is 4.13. The fourth-order valence-corrected chi connectivity index (χ4v) is 2.33. The number of ether oxygens (including phenoxy) is 1. The molecular formula is C11H11NO3. The predicted molar refractivity (Wildman–Crippen MR) is 53.6 cm³/mol. The van der Waals surface area contributed by atoms with Gasteiger partial charge in [0.15, 0.2) is 0 Å². The SMILES string of the molecule is O=[N+]([O-])c1ccc2c(c1)CCC[C@H]1O[C@@H]21. The van der Waals surface area contributed by atoms with E-state index in [9.17, 15) is 10.1 Å². The molecule has 78 valence electrons. The van der Waals surface area contributed by atoms with E-state index in [1.807, 2.05) is 6.07 Å². The van der Waals surface area contributed by atoms with Gasteiger partial charge in [-0.3, -0.25) is 10.1 Å². The minimum Gasteiger partial charge on any atom is -0.364 e. The van der Waals surface area contributed by atoms with Crippen molar-refractivity contribution in [2.75, 3.05) is 0 Å². The normalized spacial score (nSPS) is 27.5. The second-order valence-electron chi connectivity index (χ2n) is 4.13. The number of nitro groups is 1. The van der Waals surface area contributed by atoms with Crippen LogP contribution >= 0.6 is 0 Å². The lowest BCUT2D eigenvalue weighted by Crippen LogP contribution is -1.95. The van der Waals surface area contributed by atoms with Gasteiger partial charge in [-0.2, -0.15) is 0 Å². The van der Waals surface area contributed by atoms with E-state index in [4.69, 9.17) is 4.74 Å². The van der Waals surface area contributed by atoms with Crippen molar-refractivity contribution in [1.29, 1.82) is 0 Å². The lowest BCUT2D eigenvalue weighted by molar-refractivity contribution is -0.384. The molecule has 1 heterocycles. The van der Waals surface area contributed by atoms with Crippen molar-refractivity contribution in [3.63, 3.8) is 0 Å². The first kappa shape index (κ1) is 8.85. The highest BCUT2D eigenvalue weighted by Gasteiger charge is 2.42. The Labute approximate surface area is 87.0 Å². The van der Waals surface area contributed by atoms with Crippen LogP contribution in [-0.2, 0) is 11.2 Å². The van der Waals surface area contributed by atoms with Gasteiger partial charge in [-0.1, -0.05) is 0 Å². The molecule has 1 aliphatic heterocycles. The lowest BCUT2D eigenvalue weighted by atomic mass is 10.0. The molecule has 2 aliphatic rings. The zero-order valence-corrected chi connectivity index (χ0v) is 8.18. The molecule has 0 radical (unpaired) electrons. The first-order chi connectivity index (χ1) is 7.25. The Bertz CT molecular complexity index is 430. The Hall–Kier alpha value is -1.42. The Kier molecular flexibility index (Phi) is 1.79. The number of benzene rings is 1. The Morgan fingerprint density at radius 2 is 2.33 bits per heavy atom. The third kappa shape index (κ3) is 1.41. The van der Waals surface area contributed by atoms with Crippen LogP contribution in [0.3, 0.4) is 0 Å². The molecule has 1 fully saturated rings. The average molecular weight is 205 g/mol. The van der Waals surface area contributed by atoms with Crippen molar-refractivity contribution in [3.8, 4) is 0 Å². The summed E-state index contributed by atoms with van der Waals surface area (Å²) in [5, 5.41) is 10.6. The van der Waals surface area contributed by atoms with E-state index < -0.39 is 0 Å². The van der Waals surface area contributed by atoms with E-state index in [0.29, 0.717) is 6.10 Å². The fraction of sp³-hybridized carbons (Fsp3) is 0.455. The number of aryl methyl sites for hydroxylation is 1. The van der Waals surface area contributed by atoms with Crippen LogP contribution in [0.15, 0.2) is 18.2 Å². The largest absolute Gasteiger partial charge is 0.364 e. The van der Waals surface area contributed by atoms with Gasteiger partial charge in [0.1, 0.15) is 6.10 Å². The molecule has 1 aliphatic carbocycles. The lowest BCUT2D eigenvalue weighted by Gasteiger charge is -2.04. The van der Waals surface area contributed by atoms with Crippen molar-refractivity contribution in [3.05, 3.63) is 39.4 Å². The van der Waals surface area contributed by atoms with Gasteiger partial charge in [-0.05, 0) is 36.5 Å². The van der Waals surface area contributed by atoms with Crippen molar-refractivity contribution in [1.82, 2.24) is 0 Å². The number of fused-ring (bicyclic) bond motifs is 3. The molecule has 0 aromatic heterocycles. The second kappa shape index (κ2) is 3.03. The Morgan fingerprint density at radius 3 is 3.13 bits per heavy atom. The molecule has 0 unspecified atom stereocenters. The van der Waals surface area contributed by atoms with Gasteiger partial charge in [0, 0.05) is 12.1 Å². The van der Waals surface area contributed by atoms with Crippen molar-refractivity contribution >= 4 is 5.69 Å². The van der Waals surface area contributed by atoms with Crippen LogP contribution in [-0.4, -0.2) is 11.0 Å². The molecule has 0 bridgehead atoms. The summed E-state index contributed by atoms with van der Waals surface area (Å²) in [4.78, 5) is 10.3. The fourth-order valence-electron chi connectivity index (χ4n) is 2.33. The third-order valence-corrected chi connectivity index (χ3v) is 3.16. The summed E-state index contributed by atoms with van der Waals surface area (Å²) in [7, 11) is 0. The minimum absolute atomic E-state index is 0.188. The highest BCUT2D eigenvalue weighted by molar-refractivity contribution is 5.43. The molecule has 4 nitrogen and oxygen atoms in total. The summed E-state index contributed by atoms with van der Waals surface area (Å²) in [5.74, 6) is 0. The molecule has 0 spiro atoms. The zero-order valence-electron chi connectivity index (χ0n) is 8.18. The van der Waals surface area contributed by atoms with E-state index in [0.717, 1.165) is 30.4 Å². The van der Waals surface area contributed by atoms with Gasteiger partial charge in [-0.15, -0.1) is 0 Å². The standard InChI is InChI=1S/C11H11NO3/c13-12(14)8-4-5-9-7(6-8)2-1-3-10-11(9)15-10/h4-6,10-11H,1-3H2/t10-,11+/m1/s1. The van der Waals surface area contributed by atoms with E-state index in [1.165, 1.54) is 0 Å². The van der Waals surface area contributed by atoms with E-state index >= 15 is 0 Å². The number of nitrogens with zero attached hydrogens (tertiary/aromatic N) is 1. The maximum atomic E-state index is 10.6. The van der Waals surface area contributed by atoms with Gasteiger partial charge in [0.05, 0.1) is 11.0 Å². The molecule has 4 heteroatoms. The molecular weight excluding hydrogens is 194 g/mol. The highest BCUT2D eigenvalue weighted by atomic mass is 16.6. The van der Waals surface area contributed by atoms with Crippen molar-refractivity contribution in [2.45, 2.75) is 31.5 Å². The molecule has 0 amide bonds. The summed E-state index contributed by atoms with van der Waals surface area (Å²) < 4.78 is 5.51. The molecule has 1 aromatic carbocycles. The Morgan fingerprint density at radius 1 is 1.47 bits per heavy atom. The van der Waals surface area contributed by atoms with E-state index in [1.54, 1.807) is 12.1 Å². The summed E-state index contributed by atoms with van der Waals surface area (Å²) in [6.45, 7) is 0. The molecule has 1 aromatic rings. The van der Waals surface area contributed by atoms with Crippen LogP contribution in [0.1, 0.15) is 30.1 Å². The number of rotatable bonds is 1. The summed E-state index contributed by atoms with van der Waals surface area (Å²) in [5.41, 5.74) is 2.44. The average Bonchev–Trinajstić information content (AvgIpc) is 2.95. The maximum absolute atomic E-state index is 10.6. The van der Waals surface area contributed by atoms with Gasteiger partial charge < -0.3 is 4.74 Å². The number of nitro benzene ring substituents is 1. The van der Waals surface area contributed by atoms with E-state index in [2.05, 4.69) is 0 Å². The van der Waals surface area contributed by atoms with Crippen LogP contribution in [0.2, 0.25) is 0 Å². The van der Waals surface area contributed by atoms with Crippen LogP contribution in [0, 0.1) is 10.1 Å². The van der Waals surface area contributed by atoms with Crippen LogP contribution < -0.4 is 0 Å². The van der Waals surface area contributed by atoms with Crippen molar-refractivity contribution < 1.29 is 9.66 Å². The maximum Gasteiger partial charge on any atom is 0.269 e. The topological polar surface area (TPSA) is 55.7 Å². The molecule has 15 heavy (non-hydrogen) atoms. The minimum atomic E-state index is -0.337.